The molecule has 2 rings (SSSR count). The third-order valence-corrected chi connectivity index (χ3v) is 3.80. The van der Waals surface area contributed by atoms with Crippen LogP contribution in [0.25, 0.3) is 0 Å². The number of hydrogen-bond donors (Lipinski definition) is 1. The van der Waals surface area contributed by atoms with Crippen molar-refractivity contribution in [2.75, 3.05) is 0 Å². The monoisotopic (exact) mass is 236 g/mol. The molecule has 84 valence electrons. The molecule has 1 heterocycles. The molecule has 0 bridgehead atoms. The van der Waals surface area contributed by atoms with Crippen LogP contribution >= 0.6 is 11.3 Å². The van der Waals surface area contributed by atoms with Crippen molar-refractivity contribution in [3.63, 3.8) is 0 Å². The van der Waals surface area contributed by atoms with Gasteiger partial charge in [-0.05, 0) is 12.3 Å². The first-order chi connectivity index (χ1) is 6.93. The van der Waals surface area contributed by atoms with Gasteiger partial charge in [0.15, 0.2) is 5.69 Å². The van der Waals surface area contributed by atoms with Crippen LogP contribution < -0.4 is 5.73 Å². The minimum atomic E-state index is -4.37. The smallest absolute Gasteiger partial charge is 0.326 e. The molecule has 1 aromatic heterocycles. The molecule has 0 aromatic carbocycles. The van der Waals surface area contributed by atoms with Gasteiger partial charge < -0.3 is 5.73 Å². The molecule has 2 unspecified atom stereocenters. The number of hydrogen-bond acceptors (Lipinski definition) is 3. The average molecular weight is 236 g/mol. The third-order valence-electron chi connectivity index (χ3n) is 2.59. The van der Waals surface area contributed by atoms with E-state index in [9.17, 15) is 13.2 Å². The van der Waals surface area contributed by atoms with E-state index in [4.69, 9.17) is 5.73 Å². The summed E-state index contributed by atoms with van der Waals surface area (Å²) in [6.45, 7) is 1.93. The highest BCUT2D eigenvalue weighted by Gasteiger charge is 2.42. The number of nitrogens with two attached hydrogens (primary N) is 1. The standard InChI is InChI=1S/C9H11F3N2S/c1-4-2-5(4)8-14-7(9(10,11)12)6(3-13)15-8/h4-5H,2-3,13H2,1H3. The number of halogens is 3. The van der Waals surface area contributed by atoms with Gasteiger partial charge in [0.1, 0.15) is 0 Å². The van der Waals surface area contributed by atoms with Gasteiger partial charge in [-0.2, -0.15) is 13.2 Å². The number of thiazole rings is 1. The van der Waals surface area contributed by atoms with Crippen molar-refractivity contribution in [3.8, 4) is 0 Å². The zero-order valence-electron chi connectivity index (χ0n) is 8.14. The second-order valence-corrected chi connectivity index (χ2v) is 4.96. The molecule has 2 N–H and O–H groups in total. The summed E-state index contributed by atoms with van der Waals surface area (Å²) in [7, 11) is 0. The van der Waals surface area contributed by atoms with E-state index in [1.807, 2.05) is 6.92 Å². The summed E-state index contributed by atoms with van der Waals surface area (Å²) in [6, 6.07) is 0. The number of aromatic nitrogens is 1. The van der Waals surface area contributed by atoms with Gasteiger partial charge in [0.25, 0.3) is 0 Å². The molecular formula is C9H11F3N2S. The Morgan fingerprint density at radius 3 is 2.47 bits per heavy atom. The summed E-state index contributed by atoms with van der Waals surface area (Å²) >= 11 is 1.10. The Morgan fingerprint density at radius 2 is 2.13 bits per heavy atom. The predicted molar refractivity (Wildman–Crippen MR) is 51.5 cm³/mol. The van der Waals surface area contributed by atoms with Gasteiger partial charge in [0, 0.05) is 12.5 Å². The molecule has 15 heavy (non-hydrogen) atoms. The van der Waals surface area contributed by atoms with E-state index in [0.29, 0.717) is 10.9 Å². The van der Waals surface area contributed by atoms with Gasteiger partial charge >= 0.3 is 6.18 Å². The topological polar surface area (TPSA) is 38.9 Å². The molecule has 0 aliphatic heterocycles. The van der Waals surface area contributed by atoms with Crippen LogP contribution in [0.1, 0.15) is 34.8 Å². The Labute approximate surface area is 89.3 Å². The maximum absolute atomic E-state index is 12.5. The third kappa shape index (κ3) is 2.01. The second-order valence-electron chi connectivity index (χ2n) is 3.85. The van der Waals surface area contributed by atoms with Gasteiger partial charge in [0.2, 0.25) is 0 Å². The lowest BCUT2D eigenvalue weighted by Crippen LogP contribution is -2.10. The van der Waals surface area contributed by atoms with Crippen molar-refractivity contribution in [3.05, 3.63) is 15.6 Å². The Balaban J connectivity index is 2.33. The fourth-order valence-corrected chi connectivity index (χ4v) is 2.77. The summed E-state index contributed by atoms with van der Waals surface area (Å²) in [6.07, 6.45) is -3.43. The van der Waals surface area contributed by atoms with Crippen LogP contribution in [0.15, 0.2) is 0 Å². The maximum Gasteiger partial charge on any atom is 0.434 e. The van der Waals surface area contributed by atoms with Crippen LogP contribution in [0.4, 0.5) is 13.2 Å². The van der Waals surface area contributed by atoms with Crippen LogP contribution in [0.5, 0.6) is 0 Å². The summed E-state index contributed by atoms with van der Waals surface area (Å²) in [5.74, 6) is 0.680. The zero-order chi connectivity index (χ0) is 11.2. The second kappa shape index (κ2) is 3.45. The van der Waals surface area contributed by atoms with Gasteiger partial charge in [-0.3, -0.25) is 0 Å². The molecule has 0 amide bonds. The number of nitrogens with zero attached hydrogens (tertiary/aromatic N) is 1. The number of alkyl halides is 3. The molecule has 0 spiro atoms. The Hall–Kier alpha value is -0.620. The molecule has 1 fully saturated rings. The molecule has 1 saturated carbocycles. The first kappa shape index (κ1) is 10.9. The molecule has 2 nitrogen and oxygen atoms in total. The highest BCUT2D eigenvalue weighted by molar-refractivity contribution is 7.11. The van der Waals surface area contributed by atoms with Gasteiger partial charge in [-0.15, -0.1) is 11.3 Å². The van der Waals surface area contributed by atoms with Gasteiger partial charge in [-0.1, -0.05) is 6.92 Å². The van der Waals surface area contributed by atoms with E-state index in [1.165, 1.54) is 0 Å². The molecule has 1 aliphatic rings. The molecule has 1 aliphatic carbocycles. The molecule has 0 radical (unpaired) electrons. The lowest BCUT2D eigenvalue weighted by atomic mass is 10.3. The van der Waals surface area contributed by atoms with E-state index in [2.05, 4.69) is 4.98 Å². The van der Waals surface area contributed by atoms with Crippen LogP contribution in [0.3, 0.4) is 0 Å². The minimum Gasteiger partial charge on any atom is -0.326 e. The fourth-order valence-electron chi connectivity index (χ4n) is 1.55. The van der Waals surface area contributed by atoms with Crippen LogP contribution in [0, 0.1) is 5.92 Å². The Bertz CT molecular complexity index is 372. The SMILES string of the molecule is CC1CC1c1nc(C(F)(F)F)c(CN)s1. The normalized spacial score (nSPS) is 25.7. The van der Waals surface area contributed by atoms with Crippen molar-refractivity contribution >= 4 is 11.3 Å². The molecule has 0 saturated heterocycles. The highest BCUT2D eigenvalue weighted by atomic mass is 32.1. The lowest BCUT2D eigenvalue weighted by Gasteiger charge is -2.03. The van der Waals surface area contributed by atoms with Gasteiger partial charge in [0.05, 0.1) is 9.88 Å². The average Bonchev–Trinajstić information content (AvgIpc) is 2.71. The van der Waals surface area contributed by atoms with Crippen LogP contribution in [-0.2, 0) is 12.7 Å². The quantitative estimate of drug-likeness (QED) is 0.857. The van der Waals surface area contributed by atoms with E-state index in [-0.39, 0.29) is 17.3 Å². The van der Waals surface area contributed by atoms with Gasteiger partial charge in [-0.25, -0.2) is 4.98 Å². The summed E-state index contributed by atoms with van der Waals surface area (Å²) in [4.78, 5) is 3.83. The largest absolute Gasteiger partial charge is 0.434 e. The van der Waals surface area contributed by atoms with E-state index in [1.54, 1.807) is 0 Å². The summed E-state index contributed by atoms with van der Waals surface area (Å²) in [5, 5.41) is 0.593. The molecule has 6 heteroatoms. The minimum absolute atomic E-state index is 0.0897. The predicted octanol–water partition coefficient (Wildman–Crippen LogP) is 2.74. The van der Waals surface area contributed by atoms with Crippen molar-refractivity contribution in [1.29, 1.82) is 0 Å². The summed E-state index contributed by atoms with van der Waals surface area (Å²) < 4.78 is 37.6. The summed E-state index contributed by atoms with van der Waals surface area (Å²) in [5.41, 5.74) is 4.50. The lowest BCUT2D eigenvalue weighted by molar-refractivity contribution is -0.141. The van der Waals surface area contributed by atoms with E-state index >= 15 is 0 Å². The van der Waals surface area contributed by atoms with E-state index in [0.717, 1.165) is 17.8 Å². The molecule has 2 atom stereocenters. The van der Waals surface area contributed by atoms with Crippen molar-refractivity contribution in [1.82, 2.24) is 4.98 Å². The number of rotatable bonds is 2. The highest BCUT2D eigenvalue weighted by Crippen LogP contribution is 2.49. The first-order valence-electron chi connectivity index (χ1n) is 4.70. The molecule has 1 aromatic rings. The van der Waals surface area contributed by atoms with E-state index < -0.39 is 11.9 Å². The van der Waals surface area contributed by atoms with Crippen LogP contribution in [-0.4, -0.2) is 4.98 Å². The Morgan fingerprint density at radius 1 is 1.53 bits per heavy atom. The van der Waals surface area contributed by atoms with Crippen LogP contribution in [0.2, 0.25) is 0 Å². The van der Waals surface area contributed by atoms with Crippen molar-refractivity contribution in [2.45, 2.75) is 32.0 Å². The Kier molecular flexibility index (Phi) is 2.50. The fraction of sp³-hybridized carbons (Fsp3) is 0.667. The van der Waals surface area contributed by atoms with Crippen molar-refractivity contribution < 1.29 is 13.2 Å². The zero-order valence-corrected chi connectivity index (χ0v) is 8.95. The first-order valence-corrected chi connectivity index (χ1v) is 5.52. The molecular weight excluding hydrogens is 225 g/mol. The van der Waals surface area contributed by atoms with Crippen molar-refractivity contribution in [2.24, 2.45) is 11.7 Å². The maximum atomic E-state index is 12.5.